The first kappa shape index (κ1) is 11.8. The molecule has 3 aromatic rings. The molecule has 5 nitrogen and oxygen atoms in total. The fraction of sp³-hybridized carbons (Fsp3) is 0.286. The predicted octanol–water partition coefficient (Wildman–Crippen LogP) is 2.44. The van der Waals surface area contributed by atoms with Gasteiger partial charge in [0.1, 0.15) is 0 Å². The van der Waals surface area contributed by atoms with Crippen LogP contribution in [-0.2, 0) is 6.54 Å². The van der Waals surface area contributed by atoms with Gasteiger partial charge in [-0.3, -0.25) is 9.36 Å². The van der Waals surface area contributed by atoms with Crippen molar-refractivity contribution in [3.63, 3.8) is 0 Å². The molecule has 0 bridgehead atoms. The van der Waals surface area contributed by atoms with Crippen LogP contribution >= 0.6 is 0 Å². The molecule has 2 N–H and O–H groups in total. The largest absolute Gasteiger partial charge is 0.399 e. The molecule has 0 radical (unpaired) electrons. The van der Waals surface area contributed by atoms with Crippen LogP contribution in [0.3, 0.4) is 0 Å². The van der Waals surface area contributed by atoms with E-state index in [1.165, 1.54) is 0 Å². The van der Waals surface area contributed by atoms with Crippen LogP contribution in [0.2, 0.25) is 0 Å². The van der Waals surface area contributed by atoms with E-state index in [0.29, 0.717) is 12.6 Å². The molecule has 0 aliphatic heterocycles. The van der Waals surface area contributed by atoms with Crippen molar-refractivity contribution >= 4 is 16.6 Å². The number of nitrogens with two attached hydrogens (primary N) is 1. The fourth-order valence-corrected chi connectivity index (χ4v) is 2.12. The van der Waals surface area contributed by atoms with Crippen molar-refractivity contribution in [3.8, 4) is 0 Å². The lowest BCUT2D eigenvalue weighted by Gasteiger charge is -2.04. The summed E-state index contributed by atoms with van der Waals surface area (Å²) in [6, 6.07) is 8.23. The topological polar surface area (TPSA) is 61.7 Å². The minimum atomic E-state index is 0.374. The number of anilines is 1. The number of fused-ring (bicyclic) bond motifs is 1. The van der Waals surface area contributed by atoms with Crippen molar-refractivity contribution in [2.24, 2.45) is 0 Å². The van der Waals surface area contributed by atoms with Crippen molar-refractivity contribution in [1.29, 1.82) is 0 Å². The summed E-state index contributed by atoms with van der Waals surface area (Å²) < 4.78 is 3.88. The summed E-state index contributed by atoms with van der Waals surface area (Å²) >= 11 is 0. The van der Waals surface area contributed by atoms with E-state index in [1.807, 2.05) is 46.0 Å². The van der Waals surface area contributed by atoms with Crippen LogP contribution in [0.5, 0.6) is 0 Å². The van der Waals surface area contributed by atoms with Gasteiger partial charge in [-0.25, -0.2) is 0 Å². The molecule has 1 aromatic carbocycles. The number of nitrogen functional groups attached to an aromatic ring is 1. The Morgan fingerprint density at radius 2 is 2.11 bits per heavy atom. The highest BCUT2D eigenvalue weighted by Crippen LogP contribution is 2.18. The van der Waals surface area contributed by atoms with E-state index in [4.69, 9.17) is 5.73 Å². The van der Waals surface area contributed by atoms with Gasteiger partial charge in [0.2, 0.25) is 0 Å². The summed E-state index contributed by atoms with van der Waals surface area (Å²) in [5.74, 6) is 0. The quantitative estimate of drug-likeness (QED) is 0.731. The van der Waals surface area contributed by atoms with Gasteiger partial charge in [-0.2, -0.15) is 10.2 Å². The molecule has 0 unspecified atom stereocenters. The first-order chi connectivity index (χ1) is 9.13. The van der Waals surface area contributed by atoms with Gasteiger partial charge in [0.25, 0.3) is 0 Å². The van der Waals surface area contributed by atoms with Crippen LogP contribution in [-0.4, -0.2) is 19.6 Å². The Bertz CT molecular complexity index is 708. The van der Waals surface area contributed by atoms with Gasteiger partial charge in [-0.1, -0.05) is 0 Å². The maximum absolute atomic E-state index is 5.83. The number of hydrogen-bond acceptors (Lipinski definition) is 3. The van der Waals surface area contributed by atoms with E-state index in [2.05, 4.69) is 24.0 Å². The van der Waals surface area contributed by atoms with Gasteiger partial charge < -0.3 is 5.73 Å². The number of nitrogens with zero attached hydrogens (tertiary/aromatic N) is 4. The third kappa shape index (κ3) is 2.19. The SMILES string of the molecule is CC(C)n1ccc(Cn2ncc3ccc(N)cc32)n1. The lowest BCUT2D eigenvalue weighted by atomic mass is 10.2. The lowest BCUT2D eigenvalue weighted by molar-refractivity contribution is 0.522. The van der Waals surface area contributed by atoms with E-state index in [9.17, 15) is 0 Å². The average Bonchev–Trinajstić information content (AvgIpc) is 2.98. The van der Waals surface area contributed by atoms with Gasteiger partial charge in [0, 0.05) is 23.3 Å². The standard InChI is InChI=1S/C14H17N5/c1-10(2)18-6-5-13(17-18)9-19-14-7-12(15)4-3-11(14)8-16-19/h3-8,10H,9,15H2,1-2H3. The molecule has 0 saturated heterocycles. The molecular formula is C14H17N5. The van der Waals surface area contributed by atoms with Crippen molar-refractivity contribution in [3.05, 3.63) is 42.4 Å². The molecule has 98 valence electrons. The summed E-state index contributed by atoms with van der Waals surface area (Å²) in [7, 11) is 0. The maximum atomic E-state index is 5.83. The summed E-state index contributed by atoms with van der Waals surface area (Å²) in [5.41, 5.74) is 8.62. The Hall–Kier alpha value is -2.30. The summed E-state index contributed by atoms with van der Waals surface area (Å²) in [4.78, 5) is 0. The molecule has 2 heterocycles. The minimum Gasteiger partial charge on any atom is -0.399 e. The van der Waals surface area contributed by atoms with Crippen molar-refractivity contribution in [2.45, 2.75) is 26.4 Å². The first-order valence-electron chi connectivity index (χ1n) is 6.38. The molecule has 0 spiro atoms. The molecule has 0 aliphatic carbocycles. The highest BCUT2D eigenvalue weighted by molar-refractivity contribution is 5.81. The Kier molecular flexibility index (Phi) is 2.74. The molecule has 3 rings (SSSR count). The Morgan fingerprint density at radius 1 is 1.26 bits per heavy atom. The molecule has 0 amide bonds. The van der Waals surface area contributed by atoms with Gasteiger partial charge >= 0.3 is 0 Å². The fourth-order valence-electron chi connectivity index (χ4n) is 2.12. The number of hydrogen-bond donors (Lipinski definition) is 1. The number of aromatic nitrogens is 4. The van der Waals surface area contributed by atoms with Crippen molar-refractivity contribution in [2.75, 3.05) is 5.73 Å². The summed E-state index contributed by atoms with van der Waals surface area (Å²) in [6.07, 6.45) is 3.86. The zero-order chi connectivity index (χ0) is 13.4. The van der Waals surface area contributed by atoms with Crippen LogP contribution in [0.1, 0.15) is 25.6 Å². The van der Waals surface area contributed by atoms with E-state index in [-0.39, 0.29) is 0 Å². The third-order valence-electron chi connectivity index (χ3n) is 3.17. The molecule has 19 heavy (non-hydrogen) atoms. The molecular weight excluding hydrogens is 238 g/mol. The maximum Gasteiger partial charge on any atom is 0.0857 e. The smallest absolute Gasteiger partial charge is 0.0857 e. The predicted molar refractivity (Wildman–Crippen MR) is 75.9 cm³/mol. The lowest BCUT2D eigenvalue weighted by Crippen LogP contribution is -2.05. The zero-order valence-corrected chi connectivity index (χ0v) is 11.1. The molecule has 5 heteroatoms. The first-order valence-corrected chi connectivity index (χ1v) is 6.38. The normalized spacial score (nSPS) is 11.5. The van der Waals surface area contributed by atoms with E-state index >= 15 is 0 Å². The van der Waals surface area contributed by atoms with Crippen LogP contribution < -0.4 is 5.73 Å². The van der Waals surface area contributed by atoms with Crippen molar-refractivity contribution in [1.82, 2.24) is 19.6 Å². The zero-order valence-electron chi connectivity index (χ0n) is 11.1. The minimum absolute atomic E-state index is 0.374. The highest BCUT2D eigenvalue weighted by atomic mass is 15.3. The molecule has 0 saturated carbocycles. The second-order valence-corrected chi connectivity index (χ2v) is 5.00. The molecule has 0 fully saturated rings. The third-order valence-corrected chi connectivity index (χ3v) is 3.17. The Labute approximate surface area is 111 Å². The Balaban J connectivity index is 1.94. The van der Waals surface area contributed by atoms with Crippen LogP contribution in [0.25, 0.3) is 10.9 Å². The second kappa shape index (κ2) is 4.42. The second-order valence-electron chi connectivity index (χ2n) is 5.00. The summed E-state index contributed by atoms with van der Waals surface area (Å²) in [5, 5.41) is 10.0. The van der Waals surface area contributed by atoms with E-state index in [1.54, 1.807) is 0 Å². The number of rotatable bonds is 3. The van der Waals surface area contributed by atoms with Crippen LogP contribution in [0.4, 0.5) is 5.69 Å². The average molecular weight is 255 g/mol. The summed E-state index contributed by atoms with van der Waals surface area (Å²) in [6.45, 7) is 4.88. The highest BCUT2D eigenvalue weighted by Gasteiger charge is 2.07. The van der Waals surface area contributed by atoms with Crippen LogP contribution in [0, 0.1) is 0 Å². The molecule has 0 atom stereocenters. The Morgan fingerprint density at radius 3 is 2.84 bits per heavy atom. The van der Waals surface area contributed by atoms with Gasteiger partial charge in [0.05, 0.1) is 24.0 Å². The van der Waals surface area contributed by atoms with Gasteiger partial charge in [-0.05, 0) is 38.1 Å². The monoisotopic (exact) mass is 255 g/mol. The van der Waals surface area contributed by atoms with E-state index < -0.39 is 0 Å². The van der Waals surface area contributed by atoms with Crippen LogP contribution in [0.15, 0.2) is 36.7 Å². The van der Waals surface area contributed by atoms with Gasteiger partial charge in [0.15, 0.2) is 0 Å². The molecule has 2 aromatic heterocycles. The van der Waals surface area contributed by atoms with E-state index in [0.717, 1.165) is 22.3 Å². The molecule has 0 aliphatic rings. The number of benzene rings is 1. The van der Waals surface area contributed by atoms with Gasteiger partial charge in [-0.15, -0.1) is 0 Å². The van der Waals surface area contributed by atoms with Crippen molar-refractivity contribution < 1.29 is 0 Å².